The average Bonchev–Trinajstić information content (AvgIpc) is 2.52. The Morgan fingerprint density at radius 3 is 2.38 bits per heavy atom. The van der Waals surface area contributed by atoms with Gasteiger partial charge in [-0.2, -0.15) is 0 Å². The molecule has 0 radical (unpaired) electrons. The van der Waals surface area contributed by atoms with E-state index in [1.807, 2.05) is 32.9 Å². The smallest absolute Gasteiger partial charge is 0.241 e. The molecule has 3 N–H and O–H groups in total. The van der Waals surface area contributed by atoms with Crippen molar-refractivity contribution < 1.29 is 8.42 Å². The number of hydrogen-bond donors (Lipinski definition) is 3. The molecule has 0 aromatic heterocycles. The highest BCUT2D eigenvalue weighted by Crippen LogP contribution is 2.17. The van der Waals surface area contributed by atoms with Gasteiger partial charge in [-0.05, 0) is 51.2 Å². The third-order valence-electron chi connectivity index (χ3n) is 3.62. The topological polar surface area (TPSA) is 82.6 Å². The maximum atomic E-state index is 12.7. The minimum Gasteiger partial charge on any atom is -0.356 e. The Hall–Kier alpha value is -1.60. The fourth-order valence-electron chi connectivity index (χ4n) is 2.49. The van der Waals surface area contributed by atoms with Crippen LogP contribution in [0.25, 0.3) is 0 Å². The molecule has 7 heteroatoms. The average molecular weight is 383 g/mol. The van der Waals surface area contributed by atoms with Crippen molar-refractivity contribution in [1.82, 2.24) is 15.4 Å². The summed E-state index contributed by atoms with van der Waals surface area (Å²) in [6.45, 7) is 11.1. The first-order valence-corrected chi connectivity index (χ1v) is 10.6. The third kappa shape index (κ3) is 8.19. The van der Waals surface area contributed by atoms with Gasteiger partial charge in [0.2, 0.25) is 10.0 Å². The van der Waals surface area contributed by atoms with Crippen LogP contribution in [-0.2, 0) is 16.6 Å². The minimum atomic E-state index is -3.58. The molecule has 0 atom stereocenters. The molecule has 1 rings (SSSR count). The lowest BCUT2D eigenvalue weighted by atomic mass is 10.1. The number of nitrogens with one attached hydrogen (secondary N) is 3. The molecule has 0 aliphatic rings. The quantitative estimate of drug-likeness (QED) is 0.367. The van der Waals surface area contributed by atoms with Crippen LogP contribution < -0.4 is 15.4 Å². The Kier molecular flexibility index (Phi) is 8.56. The highest BCUT2D eigenvalue weighted by Gasteiger charge is 2.24. The van der Waals surface area contributed by atoms with E-state index in [0.29, 0.717) is 24.0 Å². The Bertz CT molecular complexity index is 692. The molecule has 0 fully saturated rings. The molecule has 0 aliphatic carbocycles. The van der Waals surface area contributed by atoms with Gasteiger partial charge in [-0.25, -0.2) is 13.1 Å². The lowest BCUT2D eigenvalue weighted by Crippen LogP contribution is -2.41. The fraction of sp³-hybridized carbons (Fsp3) is 0.632. The zero-order valence-corrected chi connectivity index (χ0v) is 17.7. The van der Waals surface area contributed by atoms with Crippen LogP contribution in [0.5, 0.6) is 0 Å². The van der Waals surface area contributed by atoms with Crippen LogP contribution in [0.2, 0.25) is 0 Å². The van der Waals surface area contributed by atoms with Crippen LogP contribution in [0.15, 0.2) is 34.2 Å². The van der Waals surface area contributed by atoms with Gasteiger partial charge in [-0.15, -0.1) is 0 Å². The van der Waals surface area contributed by atoms with Gasteiger partial charge in [0.1, 0.15) is 0 Å². The van der Waals surface area contributed by atoms with Gasteiger partial charge in [0.25, 0.3) is 0 Å². The van der Waals surface area contributed by atoms with Crippen LogP contribution in [0.1, 0.15) is 53.0 Å². The molecule has 6 nitrogen and oxygen atoms in total. The van der Waals surface area contributed by atoms with E-state index in [1.54, 1.807) is 19.2 Å². The van der Waals surface area contributed by atoms with Crippen LogP contribution in [0.4, 0.5) is 0 Å². The minimum absolute atomic E-state index is 0.290. The van der Waals surface area contributed by atoms with Crippen molar-refractivity contribution in [3.05, 3.63) is 29.8 Å². The fourth-order valence-corrected chi connectivity index (χ4v) is 4.15. The van der Waals surface area contributed by atoms with Crippen LogP contribution >= 0.6 is 0 Å². The van der Waals surface area contributed by atoms with Gasteiger partial charge < -0.3 is 10.6 Å². The molecule has 0 saturated carbocycles. The summed E-state index contributed by atoms with van der Waals surface area (Å²) in [5.41, 5.74) is 0.169. The van der Waals surface area contributed by atoms with Crippen molar-refractivity contribution in [2.75, 3.05) is 13.6 Å². The monoisotopic (exact) mass is 382 g/mol. The molecule has 0 bridgehead atoms. The molecular weight excluding hydrogens is 348 g/mol. The predicted octanol–water partition coefficient (Wildman–Crippen LogP) is 2.86. The van der Waals surface area contributed by atoms with Crippen LogP contribution in [-0.4, -0.2) is 33.5 Å². The highest BCUT2D eigenvalue weighted by molar-refractivity contribution is 7.89. The first-order valence-electron chi connectivity index (χ1n) is 9.11. The van der Waals surface area contributed by atoms with E-state index in [2.05, 4.69) is 34.2 Å². The van der Waals surface area contributed by atoms with Crippen molar-refractivity contribution in [3.63, 3.8) is 0 Å². The standard InChI is InChI=1S/C19H34N4O2S/c1-15(2)10-9-13-21-18(20-6)22-14-16-11-7-8-12-17(16)26(24,25)23-19(3,4)5/h7-8,11-12,15,23H,9-10,13-14H2,1-6H3,(H2,20,21,22). The maximum absolute atomic E-state index is 12.7. The Morgan fingerprint density at radius 1 is 1.15 bits per heavy atom. The lowest BCUT2D eigenvalue weighted by molar-refractivity contribution is 0.491. The summed E-state index contributed by atoms with van der Waals surface area (Å²) in [6.07, 6.45) is 2.22. The van der Waals surface area contributed by atoms with Crippen molar-refractivity contribution in [3.8, 4) is 0 Å². The summed E-state index contributed by atoms with van der Waals surface area (Å²) in [4.78, 5) is 4.49. The maximum Gasteiger partial charge on any atom is 0.241 e. The second-order valence-electron chi connectivity index (χ2n) is 7.85. The summed E-state index contributed by atoms with van der Waals surface area (Å²) in [5, 5.41) is 6.46. The normalized spacial score (nSPS) is 13.1. The number of nitrogens with zero attached hydrogens (tertiary/aromatic N) is 1. The van der Waals surface area contributed by atoms with E-state index in [-0.39, 0.29) is 4.90 Å². The molecule has 148 valence electrons. The largest absolute Gasteiger partial charge is 0.356 e. The van der Waals surface area contributed by atoms with Crippen molar-refractivity contribution >= 4 is 16.0 Å². The molecule has 0 saturated heterocycles. The van der Waals surface area contributed by atoms with Crippen molar-refractivity contribution in [2.24, 2.45) is 10.9 Å². The Morgan fingerprint density at radius 2 is 1.81 bits per heavy atom. The van der Waals surface area contributed by atoms with E-state index < -0.39 is 15.6 Å². The summed E-state index contributed by atoms with van der Waals surface area (Å²) in [6, 6.07) is 7.02. The second kappa shape index (κ2) is 9.92. The molecule has 1 aromatic rings. The number of hydrogen-bond acceptors (Lipinski definition) is 3. The summed E-state index contributed by atoms with van der Waals surface area (Å²) in [7, 11) is -1.87. The Labute approximate surface area is 158 Å². The molecule has 0 heterocycles. The van der Waals surface area contributed by atoms with E-state index in [4.69, 9.17) is 0 Å². The van der Waals surface area contributed by atoms with Crippen LogP contribution in [0, 0.1) is 5.92 Å². The van der Waals surface area contributed by atoms with Crippen LogP contribution in [0.3, 0.4) is 0 Å². The zero-order valence-electron chi connectivity index (χ0n) is 16.9. The van der Waals surface area contributed by atoms with Gasteiger partial charge >= 0.3 is 0 Å². The van der Waals surface area contributed by atoms with E-state index >= 15 is 0 Å². The predicted molar refractivity (Wildman–Crippen MR) is 109 cm³/mol. The summed E-state index contributed by atoms with van der Waals surface area (Å²) in [5.74, 6) is 1.35. The first-order chi connectivity index (χ1) is 12.0. The van der Waals surface area contributed by atoms with Gasteiger partial charge in [0, 0.05) is 25.7 Å². The number of guanidine groups is 1. The second-order valence-corrected chi connectivity index (χ2v) is 9.50. The lowest BCUT2D eigenvalue weighted by Gasteiger charge is -2.22. The molecule has 0 amide bonds. The molecule has 0 unspecified atom stereocenters. The van der Waals surface area contributed by atoms with E-state index in [1.165, 1.54) is 0 Å². The molecule has 0 aliphatic heterocycles. The number of sulfonamides is 1. The summed E-state index contributed by atoms with van der Waals surface area (Å²) >= 11 is 0. The van der Waals surface area contributed by atoms with Gasteiger partial charge in [0.05, 0.1) is 4.90 Å². The molecular formula is C19H34N4O2S. The van der Waals surface area contributed by atoms with Gasteiger partial charge in [-0.1, -0.05) is 32.0 Å². The number of benzene rings is 1. The number of rotatable bonds is 8. The van der Waals surface area contributed by atoms with Crippen molar-refractivity contribution in [1.29, 1.82) is 0 Å². The first kappa shape index (κ1) is 22.4. The molecule has 1 aromatic carbocycles. The molecule has 26 heavy (non-hydrogen) atoms. The number of aliphatic imine (C=N–C) groups is 1. The van der Waals surface area contributed by atoms with Gasteiger partial charge in [-0.3, -0.25) is 4.99 Å². The Balaban J connectivity index is 2.76. The third-order valence-corrected chi connectivity index (χ3v) is 5.48. The summed E-state index contributed by atoms with van der Waals surface area (Å²) < 4.78 is 28.1. The van der Waals surface area contributed by atoms with E-state index in [0.717, 1.165) is 19.4 Å². The SMILES string of the molecule is CN=C(NCCCC(C)C)NCc1ccccc1S(=O)(=O)NC(C)(C)C. The molecule has 0 spiro atoms. The highest BCUT2D eigenvalue weighted by atomic mass is 32.2. The zero-order chi connectivity index (χ0) is 19.8. The van der Waals surface area contributed by atoms with E-state index in [9.17, 15) is 8.42 Å². The van der Waals surface area contributed by atoms with Crippen molar-refractivity contribution in [2.45, 2.75) is 64.4 Å². The van der Waals surface area contributed by atoms with Gasteiger partial charge in [0.15, 0.2) is 5.96 Å².